The van der Waals surface area contributed by atoms with Gasteiger partial charge in [0, 0.05) is 12.2 Å². The summed E-state index contributed by atoms with van der Waals surface area (Å²) in [7, 11) is 0. The van der Waals surface area contributed by atoms with Gasteiger partial charge in [0.05, 0.1) is 5.60 Å². The molecule has 0 saturated carbocycles. The molecule has 0 saturated heterocycles. The smallest absolute Gasteiger partial charge is 0.333 e. The molecule has 0 fully saturated rings. The normalized spacial score (nSPS) is 11.7. The van der Waals surface area contributed by atoms with Gasteiger partial charge in [-0.25, -0.2) is 14.5 Å². The number of carbonyl (C=O) groups is 2. The van der Waals surface area contributed by atoms with Gasteiger partial charge in [-0.3, -0.25) is 0 Å². The molecule has 0 aromatic heterocycles. The molecule has 86 valence electrons. The lowest BCUT2D eigenvalue weighted by molar-refractivity contribution is -0.375. The van der Waals surface area contributed by atoms with Gasteiger partial charge in [0.2, 0.25) is 6.79 Å². The van der Waals surface area contributed by atoms with Gasteiger partial charge in [0.1, 0.15) is 0 Å². The van der Waals surface area contributed by atoms with E-state index in [0.29, 0.717) is 6.08 Å². The summed E-state index contributed by atoms with van der Waals surface area (Å²) in [6.07, 6.45) is 1.45. The SMILES string of the molecule is CC(C)(C)OOCOC(=O)/C=C\C(=O)O. The molecule has 1 N–H and O–H groups in total. The second kappa shape index (κ2) is 6.15. The predicted octanol–water partition coefficient (Wildman–Crippen LogP) is 0.875. The zero-order valence-electron chi connectivity index (χ0n) is 8.85. The molecular formula is C9H14O6. The summed E-state index contributed by atoms with van der Waals surface area (Å²) in [6, 6.07) is 0. The van der Waals surface area contributed by atoms with Crippen LogP contribution in [0.15, 0.2) is 12.2 Å². The molecule has 0 aliphatic rings. The topological polar surface area (TPSA) is 82.1 Å². The summed E-state index contributed by atoms with van der Waals surface area (Å²) < 4.78 is 4.45. The molecule has 0 atom stereocenters. The fourth-order valence-electron chi connectivity index (χ4n) is 0.470. The van der Waals surface area contributed by atoms with E-state index in [4.69, 9.17) is 9.99 Å². The predicted molar refractivity (Wildman–Crippen MR) is 49.7 cm³/mol. The largest absolute Gasteiger partial charge is 0.478 e. The Hall–Kier alpha value is -1.40. The summed E-state index contributed by atoms with van der Waals surface area (Å²) in [6.45, 7) is 4.90. The Morgan fingerprint density at radius 3 is 2.33 bits per heavy atom. The van der Waals surface area contributed by atoms with E-state index in [1.54, 1.807) is 20.8 Å². The molecular weight excluding hydrogens is 204 g/mol. The molecule has 0 unspecified atom stereocenters. The lowest BCUT2D eigenvalue weighted by Gasteiger charge is -2.16. The molecule has 0 rings (SSSR count). The number of ether oxygens (including phenoxy) is 1. The molecule has 0 aliphatic carbocycles. The molecule has 0 aromatic rings. The maximum Gasteiger partial charge on any atom is 0.333 e. The third-order valence-corrected chi connectivity index (χ3v) is 0.920. The highest BCUT2D eigenvalue weighted by molar-refractivity contribution is 5.90. The van der Waals surface area contributed by atoms with Gasteiger partial charge in [0.25, 0.3) is 0 Å². The first kappa shape index (κ1) is 13.6. The highest BCUT2D eigenvalue weighted by Gasteiger charge is 2.11. The average molecular weight is 218 g/mol. The number of carboxylic acid groups (broad SMARTS) is 1. The minimum Gasteiger partial charge on any atom is -0.478 e. The van der Waals surface area contributed by atoms with Crippen LogP contribution < -0.4 is 0 Å². The zero-order chi connectivity index (χ0) is 11.9. The van der Waals surface area contributed by atoms with Gasteiger partial charge in [0.15, 0.2) is 0 Å². The van der Waals surface area contributed by atoms with Crippen LogP contribution >= 0.6 is 0 Å². The van der Waals surface area contributed by atoms with Crippen LogP contribution in [0.5, 0.6) is 0 Å². The molecule has 0 aromatic carbocycles. The quantitative estimate of drug-likeness (QED) is 0.184. The van der Waals surface area contributed by atoms with Crippen molar-refractivity contribution < 1.29 is 29.2 Å². The van der Waals surface area contributed by atoms with Gasteiger partial charge in [-0.15, -0.1) is 0 Å². The van der Waals surface area contributed by atoms with E-state index < -0.39 is 17.5 Å². The lowest BCUT2D eigenvalue weighted by Crippen LogP contribution is -2.20. The molecule has 6 heteroatoms. The molecule has 0 aliphatic heterocycles. The van der Waals surface area contributed by atoms with Crippen molar-refractivity contribution >= 4 is 11.9 Å². The number of rotatable bonds is 5. The number of carboxylic acids is 1. The van der Waals surface area contributed by atoms with Crippen LogP contribution in [0.1, 0.15) is 20.8 Å². The molecule has 0 heterocycles. The second-order valence-electron chi connectivity index (χ2n) is 3.57. The maximum absolute atomic E-state index is 10.8. The Bertz CT molecular complexity index is 250. The first-order chi connectivity index (χ1) is 6.81. The fraction of sp³-hybridized carbons (Fsp3) is 0.556. The third-order valence-electron chi connectivity index (χ3n) is 0.920. The van der Waals surface area contributed by atoms with Crippen LogP contribution in [0.3, 0.4) is 0 Å². The Kier molecular flexibility index (Phi) is 5.58. The minimum atomic E-state index is -1.22. The summed E-state index contributed by atoms with van der Waals surface area (Å²) in [5.41, 5.74) is -0.497. The average Bonchev–Trinajstić information content (AvgIpc) is 2.07. The molecule has 0 spiro atoms. The monoisotopic (exact) mass is 218 g/mol. The number of carbonyl (C=O) groups excluding carboxylic acids is 1. The van der Waals surface area contributed by atoms with Crippen molar-refractivity contribution in [2.45, 2.75) is 26.4 Å². The standard InChI is InChI=1S/C9H14O6/c1-9(2,3)15-14-6-13-8(12)5-4-7(10)11/h4-5H,6H2,1-3H3,(H,10,11)/b5-4-. The molecule has 0 radical (unpaired) electrons. The van der Waals surface area contributed by atoms with E-state index in [1.165, 1.54) is 0 Å². The van der Waals surface area contributed by atoms with E-state index in [0.717, 1.165) is 6.08 Å². The van der Waals surface area contributed by atoms with Crippen molar-refractivity contribution in [1.29, 1.82) is 0 Å². The van der Waals surface area contributed by atoms with Crippen molar-refractivity contribution in [3.63, 3.8) is 0 Å². The van der Waals surface area contributed by atoms with Crippen molar-refractivity contribution in [2.24, 2.45) is 0 Å². The highest BCUT2D eigenvalue weighted by atomic mass is 17.2. The minimum absolute atomic E-state index is 0.389. The van der Waals surface area contributed by atoms with Crippen LogP contribution in [-0.2, 0) is 24.1 Å². The molecule has 0 bridgehead atoms. The van der Waals surface area contributed by atoms with Gasteiger partial charge in [-0.2, -0.15) is 4.89 Å². The summed E-state index contributed by atoms with van der Waals surface area (Å²) in [5, 5.41) is 8.19. The van der Waals surface area contributed by atoms with Gasteiger partial charge < -0.3 is 9.84 Å². The van der Waals surface area contributed by atoms with Gasteiger partial charge in [-0.1, -0.05) is 0 Å². The third kappa shape index (κ3) is 10.5. The van der Waals surface area contributed by atoms with Gasteiger partial charge in [-0.05, 0) is 20.8 Å². The van der Waals surface area contributed by atoms with Crippen LogP contribution in [-0.4, -0.2) is 29.4 Å². The van der Waals surface area contributed by atoms with Crippen LogP contribution in [0.2, 0.25) is 0 Å². The lowest BCUT2D eigenvalue weighted by atomic mass is 10.2. The first-order valence-corrected chi connectivity index (χ1v) is 4.19. The molecule has 15 heavy (non-hydrogen) atoms. The Labute approximate surface area is 87.4 Å². The number of aliphatic carboxylic acids is 1. The van der Waals surface area contributed by atoms with E-state index in [2.05, 4.69) is 9.62 Å². The first-order valence-electron chi connectivity index (χ1n) is 4.19. The van der Waals surface area contributed by atoms with E-state index in [-0.39, 0.29) is 6.79 Å². The van der Waals surface area contributed by atoms with Crippen LogP contribution in [0.25, 0.3) is 0 Å². The van der Waals surface area contributed by atoms with E-state index in [9.17, 15) is 9.59 Å². The fourth-order valence-corrected chi connectivity index (χ4v) is 0.470. The summed E-state index contributed by atoms with van der Waals surface area (Å²) in [4.78, 5) is 30.1. The number of esters is 1. The molecule has 6 nitrogen and oxygen atoms in total. The highest BCUT2D eigenvalue weighted by Crippen LogP contribution is 2.06. The van der Waals surface area contributed by atoms with Crippen molar-refractivity contribution in [3.05, 3.63) is 12.2 Å². The Morgan fingerprint density at radius 1 is 1.27 bits per heavy atom. The second-order valence-corrected chi connectivity index (χ2v) is 3.57. The Balaban J connectivity index is 3.61. The van der Waals surface area contributed by atoms with Gasteiger partial charge >= 0.3 is 11.9 Å². The van der Waals surface area contributed by atoms with Crippen LogP contribution in [0.4, 0.5) is 0 Å². The summed E-state index contributed by atoms with van der Waals surface area (Å²) >= 11 is 0. The van der Waals surface area contributed by atoms with Crippen molar-refractivity contribution in [1.82, 2.24) is 0 Å². The van der Waals surface area contributed by atoms with E-state index >= 15 is 0 Å². The zero-order valence-corrected chi connectivity index (χ0v) is 8.85. The van der Waals surface area contributed by atoms with Crippen molar-refractivity contribution in [3.8, 4) is 0 Å². The maximum atomic E-state index is 10.8. The summed E-state index contributed by atoms with van der Waals surface area (Å²) in [5.74, 6) is -2.03. The van der Waals surface area contributed by atoms with Crippen LogP contribution in [0, 0.1) is 0 Å². The number of hydrogen-bond donors (Lipinski definition) is 1. The Morgan fingerprint density at radius 2 is 1.87 bits per heavy atom. The number of hydrogen-bond acceptors (Lipinski definition) is 5. The van der Waals surface area contributed by atoms with E-state index in [1.807, 2.05) is 0 Å². The van der Waals surface area contributed by atoms with Crippen molar-refractivity contribution in [2.75, 3.05) is 6.79 Å². The molecule has 0 amide bonds.